The fourth-order valence-corrected chi connectivity index (χ4v) is 2.55. The molecule has 0 aliphatic carbocycles. The normalized spacial score (nSPS) is 11.2. The molecule has 0 fully saturated rings. The van der Waals surface area contributed by atoms with E-state index < -0.39 is 0 Å². The molecule has 1 heterocycles. The van der Waals surface area contributed by atoms with Crippen LogP contribution in [0.15, 0.2) is 30.5 Å². The van der Waals surface area contributed by atoms with Crippen LogP contribution in [-0.2, 0) is 11.2 Å². The molecule has 3 nitrogen and oxygen atoms in total. The summed E-state index contributed by atoms with van der Waals surface area (Å²) in [4.78, 5) is 17.3. The Morgan fingerprint density at radius 3 is 2.74 bits per heavy atom. The fourth-order valence-electron chi connectivity index (χ4n) is 2.55. The predicted octanol–water partition coefficient (Wildman–Crippen LogP) is 3.36. The SMILES string of the molecule is CCN(C(=O)CCc1c[nH]c2ccccc12)C(C)C. The van der Waals surface area contributed by atoms with Gasteiger partial charge in [-0.1, -0.05) is 18.2 Å². The minimum atomic E-state index is 0.239. The van der Waals surface area contributed by atoms with Gasteiger partial charge in [0, 0.05) is 36.1 Å². The number of rotatable bonds is 5. The second-order valence-electron chi connectivity index (χ2n) is 5.13. The third-order valence-electron chi connectivity index (χ3n) is 3.57. The molecule has 0 aliphatic rings. The summed E-state index contributed by atoms with van der Waals surface area (Å²) < 4.78 is 0. The van der Waals surface area contributed by atoms with Crippen LogP contribution < -0.4 is 0 Å². The Labute approximate surface area is 114 Å². The molecule has 102 valence electrons. The first-order valence-corrected chi connectivity index (χ1v) is 6.98. The van der Waals surface area contributed by atoms with Crippen LogP contribution >= 0.6 is 0 Å². The van der Waals surface area contributed by atoms with Gasteiger partial charge in [0.25, 0.3) is 0 Å². The molecule has 0 saturated carbocycles. The summed E-state index contributed by atoms with van der Waals surface area (Å²) in [5.41, 5.74) is 2.37. The second kappa shape index (κ2) is 5.91. The summed E-state index contributed by atoms with van der Waals surface area (Å²) in [6.45, 7) is 6.94. The van der Waals surface area contributed by atoms with Crippen LogP contribution in [0.1, 0.15) is 32.8 Å². The van der Waals surface area contributed by atoms with Gasteiger partial charge in [-0.25, -0.2) is 0 Å². The first-order chi connectivity index (χ1) is 9.13. The zero-order valence-corrected chi connectivity index (χ0v) is 11.9. The summed E-state index contributed by atoms with van der Waals surface area (Å²) in [5.74, 6) is 0.239. The zero-order valence-electron chi connectivity index (χ0n) is 11.9. The molecule has 19 heavy (non-hydrogen) atoms. The first kappa shape index (κ1) is 13.7. The molecular formula is C16H22N2O. The van der Waals surface area contributed by atoms with Crippen LogP contribution in [0.5, 0.6) is 0 Å². The monoisotopic (exact) mass is 258 g/mol. The quantitative estimate of drug-likeness (QED) is 0.877. The largest absolute Gasteiger partial charge is 0.361 e. The Bertz CT molecular complexity index is 557. The average molecular weight is 258 g/mol. The van der Waals surface area contributed by atoms with Gasteiger partial charge >= 0.3 is 0 Å². The zero-order chi connectivity index (χ0) is 13.8. The molecule has 1 N–H and O–H groups in total. The highest BCUT2D eigenvalue weighted by atomic mass is 16.2. The smallest absolute Gasteiger partial charge is 0.223 e. The number of aromatic amines is 1. The number of nitrogens with one attached hydrogen (secondary N) is 1. The van der Waals surface area contributed by atoms with E-state index in [1.807, 2.05) is 30.2 Å². The van der Waals surface area contributed by atoms with Gasteiger partial charge in [-0.3, -0.25) is 4.79 Å². The maximum atomic E-state index is 12.2. The van der Waals surface area contributed by atoms with Crippen LogP contribution in [0.2, 0.25) is 0 Å². The Hall–Kier alpha value is -1.77. The molecule has 0 aliphatic heterocycles. The summed E-state index contributed by atoms with van der Waals surface area (Å²) in [6.07, 6.45) is 3.39. The van der Waals surface area contributed by atoms with Crippen molar-refractivity contribution >= 4 is 16.8 Å². The predicted molar refractivity (Wildman–Crippen MR) is 79.1 cm³/mol. The Morgan fingerprint density at radius 2 is 2.05 bits per heavy atom. The number of nitrogens with zero attached hydrogens (tertiary/aromatic N) is 1. The highest BCUT2D eigenvalue weighted by Gasteiger charge is 2.15. The van der Waals surface area contributed by atoms with Gasteiger partial charge in [0.15, 0.2) is 0 Å². The maximum Gasteiger partial charge on any atom is 0.223 e. The molecule has 1 aromatic carbocycles. The van der Waals surface area contributed by atoms with Gasteiger partial charge in [-0.15, -0.1) is 0 Å². The summed E-state index contributed by atoms with van der Waals surface area (Å²) in [7, 11) is 0. The molecule has 3 heteroatoms. The maximum absolute atomic E-state index is 12.2. The number of aryl methyl sites for hydroxylation is 1. The van der Waals surface area contributed by atoms with Crippen LogP contribution in [0.3, 0.4) is 0 Å². The van der Waals surface area contributed by atoms with E-state index in [1.54, 1.807) is 0 Å². The lowest BCUT2D eigenvalue weighted by atomic mass is 10.1. The van der Waals surface area contributed by atoms with Crippen molar-refractivity contribution in [2.45, 2.75) is 39.7 Å². The highest BCUT2D eigenvalue weighted by Crippen LogP contribution is 2.19. The van der Waals surface area contributed by atoms with E-state index >= 15 is 0 Å². The van der Waals surface area contributed by atoms with Crippen molar-refractivity contribution < 1.29 is 4.79 Å². The van der Waals surface area contributed by atoms with E-state index in [2.05, 4.69) is 31.0 Å². The molecule has 1 aromatic heterocycles. The van der Waals surface area contributed by atoms with Crippen molar-refractivity contribution in [3.05, 3.63) is 36.0 Å². The number of amides is 1. The van der Waals surface area contributed by atoms with Gasteiger partial charge in [0.1, 0.15) is 0 Å². The molecule has 0 unspecified atom stereocenters. The van der Waals surface area contributed by atoms with E-state index in [0.717, 1.165) is 18.5 Å². The molecule has 1 amide bonds. The van der Waals surface area contributed by atoms with Crippen molar-refractivity contribution in [1.29, 1.82) is 0 Å². The number of carbonyl (C=O) groups is 1. The molecule has 0 bridgehead atoms. The minimum Gasteiger partial charge on any atom is -0.361 e. The van der Waals surface area contributed by atoms with Gasteiger partial charge < -0.3 is 9.88 Å². The standard InChI is InChI=1S/C16H22N2O/c1-4-18(12(2)3)16(19)10-9-13-11-17-15-8-6-5-7-14(13)15/h5-8,11-12,17H,4,9-10H2,1-3H3. The van der Waals surface area contributed by atoms with E-state index in [4.69, 9.17) is 0 Å². The van der Waals surface area contributed by atoms with Crippen LogP contribution in [-0.4, -0.2) is 28.4 Å². The van der Waals surface area contributed by atoms with Crippen molar-refractivity contribution in [2.24, 2.45) is 0 Å². The van der Waals surface area contributed by atoms with Crippen LogP contribution in [0.4, 0.5) is 0 Å². The topological polar surface area (TPSA) is 36.1 Å². The number of hydrogen-bond donors (Lipinski definition) is 1. The average Bonchev–Trinajstić information content (AvgIpc) is 2.80. The van der Waals surface area contributed by atoms with Gasteiger partial charge in [-0.05, 0) is 38.8 Å². The van der Waals surface area contributed by atoms with E-state index in [9.17, 15) is 4.79 Å². The number of hydrogen-bond acceptors (Lipinski definition) is 1. The number of H-pyrrole nitrogens is 1. The molecular weight excluding hydrogens is 236 g/mol. The first-order valence-electron chi connectivity index (χ1n) is 6.98. The lowest BCUT2D eigenvalue weighted by molar-refractivity contribution is -0.132. The number of para-hydroxylation sites is 1. The number of carbonyl (C=O) groups excluding carboxylic acids is 1. The molecule has 0 saturated heterocycles. The Kier molecular flexibility index (Phi) is 4.25. The van der Waals surface area contributed by atoms with Gasteiger partial charge in [-0.2, -0.15) is 0 Å². The molecule has 0 atom stereocenters. The molecule has 0 radical (unpaired) electrons. The number of aromatic nitrogens is 1. The number of fused-ring (bicyclic) bond motifs is 1. The van der Waals surface area contributed by atoms with E-state index in [0.29, 0.717) is 6.42 Å². The van der Waals surface area contributed by atoms with Gasteiger partial charge in [0.2, 0.25) is 5.91 Å². The summed E-state index contributed by atoms with van der Waals surface area (Å²) in [5, 5.41) is 1.22. The Balaban J connectivity index is 2.04. The number of benzene rings is 1. The molecule has 2 aromatic rings. The summed E-state index contributed by atoms with van der Waals surface area (Å²) in [6, 6.07) is 8.50. The fraction of sp³-hybridized carbons (Fsp3) is 0.438. The second-order valence-corrected chi connectivity index (χ2v) is 5.13. The van der Waals surface area contributed by atoms with Crippen LogP contribution in [0, 0.1) is 0 Å². The third kappa shape index (κ3) is 2.98. The van der Waals surface area contributed by atoms with Crippen molar-refractivity contribution in [3.63, 3.8) is 0 Å². The lowest BCUT2D eigenvalue weighted by Crippen LogP contribution is -2.36. The molecule has 0 spiro atoms. The van der Waals surface area contributed by atoms with Crippen molar-refractivity contribution in [3.8, 4) is 0 Å². The van der Waals surface area contributed by atoms with E-state index in [-0.39, 0.29) is 11.9 Å². The van der Waals surface area contributed by atoms with Gasteiger partial charge in [0.05, 0.1) is 0 Å². The molecule has 2 rings (SSSR count). The van der Waals surface area contributed by atoms with Crippen molar-refractivity contribution in [2.75, 3.05) is 6.54 Å². The Morgan fingerprint density at radius 1 is 1.32 bits per heavy atom. The minimum absolute atomic E-state index is 0.239. The highest BCUT2D eigenvalue weighted by molar-refractivity contribution is 5.84. The lowest BCUT2D eigenvalue weighted by Gasteiger charge is -2.25. The summed E-state index contributed by atoms with van der Waals surface area (Å²) >= 11 is 0. The van der Waals surface area contributed by atoms with Crippen LogP contribution in [0.25, 0.3) is 10.9 Å². The third-order valence-corrected chi connectivity index (χ3v) is 3.57. The van der Waals surface area contributed by atoms with E-state index in [1.165, 1.54) is 10.9 Å². The van der Waals surface area contributed by atoms with Crippen molar-refractivity contribution in [1.82, 2.24) is 9.88 Å².